The predicted octanol–water partition coefficient (Wildman–Crippen LogP) is 5.34. The number of carbonyl (C=O) groups excluding carboxylic acids is 2. The molecule has 0 unspecified atom stereocenters. The van der Waals surface area contributed by atoms with Crippen LogP contribution in [0.3, 0.4) is 0 Å². The van der Waals surface area contributed by atoms with E-state index in [9.17, 15) is 9.59 Å². The average molecular weight is 494 g/mol. The van der Waals surface area contributed by atoms with E-state index in [-0.39, 0.29) is 18.4 Å². The number of carbonyl (C=O) groups is 2. The number of para-hydroxylation sites is 1. The van der Waals surface area contributed by atoms with E-state index < -0.39 is 6.04 Å². The molecule has 5 rings (SSSR count). The second kappa shape index (κ2) is 9.41. The lowest BCUT2D eigenvalue weighted by Crippen LogP contribution is -2.58. The van der Waals surface area contributed by atoms with E-state index in [4.69, 9.17) is 27.9 Å². The molecule has 0 aliphatic carbocycles. The number of piperazine rings is 1. The number of H-pyrrole nitrogens is 1. The Bertz CT molecular complexity index is 1370. The number of rotatable bonds is 6. The summed E-state index contributed by atoms with van der Waals surface area (Å²) in [5, 5.41) is 4.65. The average Bonchev–Trinajstić information content (AvgIpc) is 3.25. The molecule has 172 valence electrons. The smallest absolute Gasteiger partial charge is 0.243 e. The summed E-state index contributed by atoms with van der Waals surface area (Å²) in [7, 11) is 0. The van der Waals surface area contributed by atoms with Gasteiger partial charge in [-0.1, -0.05) is 53.5 Å². The van der Waals surface area contributed by atoms with Crippen LogP contribution in [0.25, 0.3) is 10.9 Å². The quantitative estimate of drug-likeness (QED) is 0.380. The molecule has 34 heavy (non-hydrogen) atoms. The first kappa shape index (κ1) is 22.3. The maximum Gasteiger partial charge on any atom is 0.243 e. The highest BCUT2D eigenvalue weighted by Gasteiger charge is 2.34. The van der Waals surface area contributed by atoms with Crippen molar-refractivity contribution < 1.29 is 14.3 Å². The van der Waals surface area contributed by atoms with Crippen LogP contribution in [0.1, 0.15) is 11.1 Å². The van der Waals surface area contributed by atoms with Crippen LogP contribution < -0.4 is 10.1 Å². The number of nitrogens with one attached hydrogen (secondary N) is 2. The number of aromatic nitrogens is 1. The van der Waals surface area contributed by atoms with Gasteiger partial charge in [0.2, 0.25) is 11.8 Å². The van der Waals surface area contributed by atoms with Crippen molar-refractivity contribution in [2.75, 3.05) is 6.54 Å². The molecule has 1 aliphatic heterocycles. The van der Waals surface area contributed by atoms with Gasteiger partial charge in [-0.05, 0) is 41.5 Å². The Hall–Kier alpha value is -3.48. The summed E-state index contributed by atoms with van der Waals surface area (Å²) < 4.78 is 5.84. The first-order valence-electron chi connectivity index (χ1n) is 10.8. The van der Waals surface area contributed by atoms with Crippen LogP contribution in [0.5, 0.6) is 11.5 Å². The standard InChI is InChI=1S/C26H21Cl2N3O3/c27-21-10-9-19(12-22(21)28)34-18-7-5-16(6-8-18)15-31-24(26(33)30-14-25(31)32)11-17-13-29-23-4-2-1-3-20(17)23/h1-10,12-13,24,29H,11,14-15H2,(H,30,33)/t24-/m1/s1. The molecule has 1 fully saturated rings. The van der Waals surface area contributed by atoms with Crippen LogP contribution in [-0.4, -0.2) is 34.3 Å². The molecule has 3 aromatic carbocycles. The molecule has 4 aromatic rings. The van der Waals surface area contributed by atoms with Crippen LogP contribution in [0.2, 0.25) is 10.0 Å². The lowest BCUT2D eigenvalue weighted by molar-refractivity contribution is -0.146. The van der Waals surface area contributed by atoms with Gasteiger partial charge in [-0.25, -0.2) is 0 Å². The second-order valence-electron chi connectivity index (χ2n) is 8.14. The maximum absolute atomic E-state index is 12.8. The van der Waals surface area contributed by atoms with Crippen molar-refractivity contribution in [1.82, 2.24) is 15.2 Å². The fourth-order valence-corrected chi connectivity index (χ4v) is 4.43. The minimum absolute atomic E-state index is 0.00172. The first-order valence-corrected chi connectivity index (χ1v) is 11.6. The molecule has 0 saturated carbocycles. The molecule has 1 aliphatic rings. The zero-order valence-corrected chi connectivity index (χ0v) is 19.6. The van der Waals surface area contributed by atoms with Crippen molar-refractivity contribution in [3.63, 3.8) is 0 Å². The molecule has 2 heterocycles. The Kier molecular flexibility index (Phi) is 6.18. The number of aromatic amines is 1. The number of ether oxygens (including phenoxy) is 1. The number of benzene rings is 3. The van der Waals surface area contributed by atoms with E-state index in [0.717, 1.165) is 22.0 Å². The lowest BCUT2D eigenvalue weighted by atomic mass is 10.0. The lowest BCUT2D eigenvalue weighted by Gasteiger charge is -2.35. The van der Waals surface area contributed by atoms with Gasteiger partial charge in [0.05, 0.1) is 16.6 Å². The molecular weight excluding hydrogens is 473 g/mol. The summed E-state index contributed by atoms with van der Waals surface area (Å²) in [5.41, 5.74) is 2.90. The van der Waals surface area contributed by atoms with Crippen LogP contribution in [0.4, 0.5) is 0 Å². The summed E-state index contributed by atoms with van der Waals surface area (Å²) in [6.45, 7) is 0.327. The van der Waals surface area contributed by atoms with Gasteiger partial charge >= 0.3 is 0 Å². The van der Waals surface area contributed by atoms with Gasteiger partial charge in [0.1, 0.15) is 17.5 Å². The fraction of sp³-hybridized carbons (Fsp3) is 0.154. The number of fused-ring (bicyclic) bond motifs is 1. The normalized spacial score (nSPS) is 16.1. The van der Waals surface area contributed by atoms with Gasteiger partial charge in [0.15, 0.2) is 0 Å². The van der Waals surface area contributed by atoms with Crippen molar-refractivity contribution in [1.29, 1.82) is 0 Å². The number of hydrogen-bond acceptors (Lipinski definition) is 3. The van der Waals surface area contributed by atoms with Crippen LogP contribution >= 0.6 is 23.2 Å². The van der Waals surface area contributed by atoms with Gasteiger partial charge in [0, 0.05) is 36.1 Å². The van der Waals surface area contributed by atoms with Crippen molar-refractivity contribution in [3.05, 3.63) is 94.1 Å². The number of nitrogens with zero attached hydrogens (tertiary/aromatic N) is 1. The third-order valence-corrected chi connectivity index (χ3v) is 6.64. The van der Waals surface area contributed by atoms with E-state index in [1.54, 1.807) is 23.1 Å². The molecular formula is C26H21Cl2N3O3. The van der Waals surface area contributed by atoms with Crippen molar-refractivity contribution >= 4 is 45.9 Å². The van der Waals surface area contributed by atoms with Crippen LogP contribution in [0, 0.1) is 0 Å². The highest BCUT2D eigenvalue weighted by molar-refractivity contribution is 6.42. The highest BCUT2D eigenvalue weighted by atomic mass is 35.5. The molecule has 1 saturated heterocycles. The van der Waals surface area contributed by atoms with Crippen LogP contribution in [0.15, 0.2) is 72.9 Å². The minimum atomic E-state index is -0.590. The molecule has 2 N–H and O–H groups in total. The van der Waals surface area contributed by atoms with Crippen molar-refractivity contribution in [2.45, 2.75) is 19.0 Å². The number of halogens is 2. The second-order valence-corrected chi connectivity index (χ2v) is 8.96. The zero-order valence-electron chi connectivity index (χ0n) is 18.1. The molecule has 1 atom stereocenters. The summed E-state index contributed by atoms with van der Waals surface area (Å²) in [5.74, 6) is 0.939. The molecule has 8 heteroatoms. The SMILES string of the molecule is O=C1NCC(=O)N(Cc2ccc(Oc3ccc(Cl)c(Cl)c3)cc2)[C@@H]1Cc1c[nH]c2ccccc12. The Balaban J connectivity index is 1.33. The summed E-state index contributed by atoms with van der Waals surface area (Å²) in [6.07, 6.45) is 2.34. The highest BCUT2D eigenvalue weighted by Crippen LogP contribution is 2.30. The van der Waals surface area contributed by atoms with Gasteiger partial charge in [-0.15, -0.1) is 0 Å². The van der Waals surface area contributed by atoms with Gasteiger partial charge in [0.25, 0.3) is 0 Å². The molecule has 1 aromatic heterocycles. The van der Waals surface area contributed by atoms with Crippen molar-refractivity contribution in [2.24, 2.45) is 0 Å². The van der Waals surface area contributed by atoms with E-state index in [2.05, 4.69) is 10.3 Å². The molecule has 0 bridgehead atoms. The van der Waals surface area contributed by atoms with E-state index in [1.807, 2.05) is 54.7 Å². The number of amides is 2. The van der Waals surface area contributed by atoms with E-state index in [1.165, 1.54) is 0 Å². The predicted molar refractivity (Wildman–Crippen MR) is 132 cm³/mol. The Morgan fingerprint density at radius 1 is 0.941 bits per heavy atom. The third-order valence-electron chi connectivity index (χ3n) is 5.90. The Labute approximate surface area is 206 Å². The Morgan fingerprint density at radius 3 is 2.50 bits per heavy atom. The minimum Gasteiger partial charge on any atom is -0.457 e. The van der Waals surface area contributed by atoms with Crippen molar-refractivity contribution in [3.8, 4) is 11.5 Å². The maximum atomic E-state index is 12.8. The molecule has 6 nitrogen and oxygen atoms in total. The number of hydrogen-bond donors (Lipinski definition) is 2. The summed E-state index contributed by atoms with van der Waals surface area (Å²) in [4.78, 5) is 30.4. The third kappa shape index (κ3) is 4.60. The molecule has 0 radical (unpaired) electrons. The van der Waals surface area contributed by atoms with E-state index >= 15 is 0 Å². The van der Waals surface area contributed by atoms with Crippen LogP contribution in [-0.2, 0) is 22.6 Å². The monoisotopic (exact) mass is 493 g/mol. The van der Waals surface area contributed by atoms with E-state index in [0.29, 0.717) is 34.5 Å². The fourth-order valence-electron chi connectivity index (χ4n) is 4.14. The summed E-state index contributed by atoms with van der Waals surface area (Å²) >= 11 is 12.0. The van der Waals surface area contributed by atoms with Gasteiger partial charge < -0.3 is 19.9 Å². The molecule has 0 spiro atoms. The molecule has 2 amide bonds. The zero-order chi connectivity index (χ0) is 23.7. The summed E-state index contributed by atoms with van der Waals surface area (Å²) in [6, 6.07) is 19.8. The van der Waals surface area contributed by atoms with Gasteiger partial charge in [-0.2, -0.15) is 0 Å². The first-order chi connectivity index (χ1) is 16.5. The Morgan fingerprint density at radius 2 is 1.71 bits per heavy atom. The largest absolute Gasteiger partial charge is 0.457 e. The topological polar surface area (TPSA) is 74.4 Å². The van der Waals surface area contributed by atoms with Gasteiger partial charge in [-0.3, -0.25) is 9.59 Å².